The highest BCUT2D eigenvalue weighted by Crippen LogP contribution is 2.36. The predicted octanol–water partition coefficient (Wildman–Crippen LogP) is 3.14. The molecule has 0 aromatic rings. The number of allylic oxidation sites excluding steroid dienone is 1. The predicted molar refractivity (Wildman–Crippen MR) is 74.7 cm³/mol. The molecule has 2 atom stereocenters. The van der Waals surface area contributed by atoms with Crippen molar-refractivity contribution < 1.29 is 18.8 Å². The number of rotatable bonds is 6. The van der Waals surface area contributed by atoms with Gasteiger partial charge in [-0.2, -0.15) is 0 Å². The van der Waals surface area contributed by atoms with Gasteiger partial charge in [-0.25, -0.2) is 0 Å². The van der Waals surface area contributed by atoms with Crippen molar-refractivity contribution in [3.8, 4) is 0 Å². The summed E-state index contributed by atoms with van der Waals surface area (Å²) in [7, 11) is -0.197. The summed E-state index contributed by atoms with van der Waals surface area (Å²) < 4.78 is 23.0. The standard InChI is InChI=1S/C14H25BO4/c1-5-14(3,4)19-15(18-6-2)11-7-8-12-13(9-11)17-10-16-12/h9,11-12H,5-8,10H2,1-4H3. The van der Waals surface area contributed by atoms with Crippen LogP contribution in [0.4, 0.5) is 0 Å². The van der Waals surface area contributed by atoms with Gasteiger partial charge in [-0.15, -0.1) is 0 Å². The third-order valence-electron chi connectivity index (χ3n) is 3.92. The lowest BCUT2D eigenvalue weighted by atomic mass is 9.66. The molecule has 19 heavy (non-hydrogen) atoms. The smallest absolute Gasteiger partial charge is 0.464 e. The monoisotopic (exact) mass is 268 g/mol. The molecule has 4 nitrogen and oxygen atoms in total. The molecule has 0 radical (unpaired) electrons. The third-order valence-corrected chi connectivity index (χ3v) is 3.92. The average molecular weight is 268 g/mol. The van der Waals surface area contributed by atoms with Crippen LogP contribution in [0, 0.1) is 0 Å². The van der Waals surface area contributed by atoms with Gasteiger partial charge in [0.15, 0.2) is 6.79 Å². The van der Waals surface area contributed by atoms with E-state index < -0.39 is 0 Å². The Hall–Kier alpha value is -0.515. The van der Waals surface area contributed by atoms with Crippen LogP contribution in [-0.4, -0.2) is 32.2 Å². The number of hydrogen-bond acceptors (Lipinski definition) is 4. The van der Waals surface area contributed by atoms with Crippen LogP contribution in [0.25, 0.3) is 0 Å². The lowest BCUT2D eigenvalue weighted by molar-refractivity contribution is 0.0456. The molecule has 1 saturated heterocycles. The van der Waals surface area contributed by atoms with Gasteiger partial charge in [0.1, 0.15) is 11.9 Å². The van der Waals surface area contributed by atoms with Crippen LogP contribution in [0.1, 0.15) is 47.0 Å². The molecule has 0 N–H and O–H groups in total. The first-order valence-electron chi connectivity index (χ1n) is 7.31. The van der Waals surface area contributed by atoms with E-state index in [9.17, 15) is 0 Å². The summed E-state index contributed by atoms with van der Waals surface area (Å²) in [5, 5.41) is 0. The SMILES string of the molecule is CCOB(OC(C)(C)CC)C1C=C2OCOC2CC1. The van der Waals surface area contributed by atoms with Gasteiger partial charge in [-0.3, -0.25) is 0 Å². The van der Waals surface area contributed by atoms with Crippen molar-refractivity contribution in [3.05, 3.63) is 11.8 Å². The second kappa shape index (κ2) is 6.29. The molecule has 108 valence electrons. The molecule has 0 amide bonds. The minimum absolute atomic E-state index is 0.151. The third kappa shape index (κ3) is 3.74. The molecule has 0 spiro atoms. The summed E-state index contributed by atoms with van der Waals surface area (Å²) in [4.78, 5) is 0. The Morgan fingerprint density at radius 3 is 2.84 bits per heavy atom. The topological polar surface area (TPSA) is 36.9 Å². The Morgan fingerprint density at radius 1 is 1.37 bits per heavy atom. The second-order valence-electron chi connectivity index (χ2n) is 5.78. The van der Waals surface area contributed by atoms with E-state index in [4.69, 9.17) is 18.8 Å². The Kier molecular flexibility index (Phi) is 4.93. The van der Waals surface area contributed by atoms with E-state index in [-0.39, 0.29) is 24.6 Å². The van der Waals surface area contributed by atoms with Gasteiger partial charge < -0.3 is 18.8 Å². The lowest BCUT2D eigenvalue weighted by Crippen LogP contribution is -2.39. The van der Waals surface area contributed by atoms with Crippen molar-refractivity contribution in [3.63, 3.8) is 0 Å². The summed E-state index contributed by atoms with van der Waals surface area (Å²) in [6.45, 7) is 9.38. The van der Waals surface area contributed by atoms with Gasteiger partial charge in [-0.05, 0) is 46.1 Å². The first-order chi connectivity index (χ1) is 9.05. The van der Waals surface area contributed by atoms with Crippen LogP contribution in [0.15, 0.2) is 11.8 Å². The average Bonchev–Trinajstić information content (AvgIpc) is 2.85. The number of ether oxygens (including phenoxy) is 2. The highest BCUT2D eigenvalue weighted by atomic mass is 16.7. The molecule has 0 aromatic heterocycles. The van der Waals surface area contributed by atoms with Crippen LogP contribution in [0.2, 0.25) is 5.82 Å². The highest BCUT2D eigenvalue weighted by Gasteiger charge is 2.39. The summed E-state index contributed by atoms with van der Waals surface area (Å²) in [5.74, 6) is 1.21. The first-order valence-corrected chi connectivity index (χ1v) is 7.31. The number of hydrogen-bond donors (Lipinski definition) is 0. The van der Waals surface area contributed by atoms with E-state index in [0.29, 0.717) is 13.4 Å². The van der Waals surface area contributed by atoms with Gasteiger partial charge in [0.2, 0.25) is 0 Å². The minimum Gasteiger partial charge on any atom is -0.469 e. The molecule has 0 saturated carbocycles. The fourth-order valence-electron chi connectivity index (χ4n) is 2.40. The fraction of sp³-hybridized carbons (Fsp3) is 0.857. The zero-order valence-corrected chi connectivity index (χ0v) is 12.5. The molecule has 0 bridgehead atoms. The van der Waals surface area contributed by atoms with Gasteiger partial charge >= 0.3 is 7.12 Å². The molecule has 0 aromatic carbocycles. The van der Waals surface area contributed by atoms with Crippen molar-refractivity contribution in [2.45, 2.75) is 64.5 Å². The first kappa shape index (κ1) is 14.9. The van der Waals surface area contributed by atoms with E-state index >= 15 is 0 Å². The maximum Gasteiger partial charge on any atom is 0.464 e. The molecule has 1 heterocycles. The quantitative estimate of drug-likeness (QED) is 0.693. The Bertz CT molecular complexity index is 329. The minimum atomic E-state index is -0.197. The molecular formula is C14H25BO4. The van der Waals surface area contributed by atoms with Crippen molar-refractivity contribution in [1.29, 1.82) is 0 Å². The largest absolute Gasteiger partial charge is 0.469 e. The van der Waals surface area contributed by atoms with Gasteiger partial charge in [0, 0.05) is 18.0 Å². The molecule has 1 aliphatic heterocycles. The summed E-state index contributed by atoms with van der Waals surface area (Å²) in [6.07, 6.45) is 5.24. The normalized spacial score (nSPS) is 26.6. The van der Waals surface area contributed by atoms with Gasteiger partial charge in [0.25, 0.3) is 0 Å². The summed E-state index contributed by atoms with van der Waals surface area (Å²) >= 11 is 0. The van der Waals surface area contributed by atoms with Gasteiger partial charge in [0.05, 0.1) is 0 Å². The van der Waals surface area contributed by atoms with E-state index in [2.05, 4.69) is 26.8 Å². The van der Waals surface area contributed by atoms with Crippen LogP contribution in [0.5, 0.6) is 0 Å². The zero-order valence-electron chi connectivity index (χ0n) is 12.5. The van der Waals surface area contributed by atoms with Crippen molar-refractivity contribution in [2.75, 3.05) is 13.4 Å². The molecule has 2 rings (SSSR count). The van der Waals surface area contributed by atoms with E-state index in [0.717, 1.165) is 25.0 Å². The van der Waals surface area contributed by atoms with Crippen LogP contribution >= 0.6 is 0 Å². The number of fused-ring (bicyclic) bond motifs is 1. The molecule has 2 aliphatic rings. The Labute approximate surface area is 116 Å². The van der Waals surface area contributed by atoms with Crippen molar-refractivity contribution in [1.82, 2.24) is 0 Å². The van der Waals surface area contributed by atoms with E-state index in [1.54, 1.807) is 0 Å². The Balaban J connectivity index is 2.04. The Morgan fingerprint density at radius 2 is 2.16 bits per heavy atom. The van der Waals surface area contributed by atoms with E-state index in [1.807, 2.05) is 6.92 Å². The van der Waals surface area contributed by atoms with Crippen LogP contribution in [-0.2, 0) is 18.8 Å². The van der Waals surface area contributed by atoms with E-state index in [1.165, 1.54) is 0 Å². The fourth-order valence-corrected chi connectivity index (χ4v) is 2.40. The highest BCUT2D eigenvalue weighted by molar-refractivity contribution is 6.47. The van der Waals surface area contributed by atoms with Crippen molar-refractivity contribution in [2.24, 2.45) is 0 Å². The van der Waals surface area contributed by atoms with Crippen molar-refractivity contribution >= 4 is 7.12 Å². The summed E-state index contributed by atoms with van der Waals surface area (Å²) in [5.41, 5.74) is -0.164. The van der Waals surface area contributed by atoms with Crippen LogP contribution in [0.3, 0.4) is 0 Å². The maximum absolute atomic E-state index is 6.15. The molecule has 1 fully saturated rings. The molecule has 5 heteroatoms. The molecule has 1 aliphatic carbocycles. The van der Waals surface area contributed by atoms with Gasteiger partial charge in [-0.1, -0.05) is 6.92 Å². The molecule has 2 unspecified atom stereocenters. The zero-order chi connectivity index (χ0) is 13.9. The van der Waals surface area contributed by atoms with Crippen LogP contribution < -0.4 is 0 Å². The lowest BCUT2D eigenvalue weighted by Gasteiger charge is -2.32. The second-order valence-corrected chi connectivity index (χ2v) is 5.78. The maximum atomic E-state index is 6.15. The molecular weight excluding hydrogens is 243 g/mol. The summed E-state index contributed by atoms with van der Waals surface area (Å²) in [6, 6.07) is 0.